The maximum absolute atomic E-state index is 2.52. The molecule has 1 nitrogen and oxygen atoms in total. The van der Waals surface area contributed by atoms with E-state index in [-0.39, 0.29) is 16.2 Å². The van der Waals surface area contributed by atoms with Crippen LogP contribution in [0.2, 0.25) is 5.32 Å². The zero-order chi connectivity index (χ0) is 26.9. The third-order valence-electron chi connectivity index (χ3n) is 6.98. The molecule has 36 heavy (non-hydrogen) atoms. The van der Waals surface area contributed by atoms with E-state index < -0.39 is 0 Å². The van der Waals surface area contributed by atoms with Gasteiger partial charge in [-0.3, -0.25) is 0 Å². The van der Waals surface area contributed by atoms with Gasteiger partial charge in [-0.05, 0) is 0 Å². The Morgan fingerprint density at radius 1 is 0.639 bits per heavy atom. The number of anilines is 1. The standard InChI is InChI=1S/C34H47NSe/c1-32(2,3)26-21-29(33(4,5)6)31(30(22-26)34(7,8)9)36-23-28(24-15-13-12-14-16-24)25-17-19-27(20-18-25)35(10)11/h12-22,28H,23H2,1-11H3/t28-/m0/s1. The molecule has 1 atom stereocenters. The van der Waals surface area contributed by atoms with E-state index in [0.29, 0.717) is 20.9 Å². The van der Waals surface area contributed by atoms with Crippen molar-refractivity contribution in [2.75, 3.05) is 19.0 Å². The quantitative estimate of drug-likeness (QED) is 0.281. The van der Waals surface area contributed by atoms with Crippen molar-refractivity contribution < 1.29 is 0 Å². The van der Waals surface area contributed by atoms with Crippen LogP contribution in [0.15, 0.2) is 66.7 Å². The van der Waals surface area contributed by atoms with Gasteiger partial charge in [0.25, 0.3) is 0 Å². The average Bonchev–Trinajstić information content (AvgIpc) is 2.78. The molecule has 0 unspecified atom stereocenters. The van der Waals surface area contributed by atoms with Gasteiger partial charge in [0.15, 0.2) is 0 Å². The molecule has 3 rings (SSSR count). The number of benzene rings is 3. The molecule has 0 aliphatic heterocycles. The molecule has 0 spiro atoms. The van der Waals surface area contributed by atoms with Crippen molar-refractivity contribution in [2.24, 2.45) is 0 Å². The summed E-state index contributed by atoms with van der Waals surface area (Å²) >= 11 is 0.336. The van der Waals surface area contributed by atoms with Crippen LogP contribution in [0.4, 0.5) is 5.69 Å². The predicted molar refractivity (Wildman–Crippen MR) is 162 cm³/mol. The van der Waals surface area contributed by atoms with Gasteiger partial charge in [-0.2, -0.15) is 0 Å². The summed E-state index contributed by atoms with van der Waals surface area (Å²) in [7, 11) is 4.21. The van der Waals surface area contributed by atoms with E-state index in [1.165, 1.54) is 33.5 Å². The van der Waals surface area contributed by atoms with Crippen molar-refractivity contribution >= 4 is 25.1 Å². The Morgan fingerprint density at radius 3 is 1.53 bits per heavy atom. The Kier molecular flexibility index (Phi) is 8.54. The average molecular weight is 549 g/mol. The molecule has 3 aromatic rings. The maximum atomic E-state index is 2.52. The first-order valence-corrected chi connectivity index (χ1v) is 15.3. The van der Waals surface area contributed by atoms with E-state index in [1.807, 2.05) is 0 Å². The molecule has 0 aromatic heterocycles. The molecule has 0 saturated carbocycles. The Bertz CT molecular complexity index is 1100. The molecular formula is C34H47NSe. The fourth-order valence-corrected chi connectivity index (χ4v) is 8.26. The van der Waals surface area contributed by atoms with Gasteiger partial charge in [0, 0.05) is 0 Å². The van der Waals surface area contributed by atoms with E-state index in [1.54, 1.807) is 4.46 Å². The second kappa shape index (κ2) is 10.8. The summed E-state index contributed by atoms with van der Waals surface area (Å²) in [6.07, 6.45) is 0. The summed E-state index contributed by atoms with van der Waals surface area (Å²) in [6, 6.07) is 25.3. The minimum atomic E-state index is 0.105. The van der Waals surface area contributed by atoms with E-state index in [0.717, 1.165) is 5.32 Å². The molecule has 2 heteroatoms. The summed E-state index contributed by atoms with van der Waals surface area (Å²) in [6.45, 7) is 21.3. The number of rotatable bonds is 6. The van der Waals surface area contributed by atoms with Crippen LogP contribution in [0.5, 0.6) is 0 Å². The predicted octanol–water partition coefficient (Wildman–Crippen LogP) is 8.23. The van der Waals surface area contributed by atoms with E-state index >= 15 is 0 Å². The Labute approximate surface area is 227 Å². The zero-order valence-electron chi connectivity index (χ0n) is 24.5. The van der Waals surface area contributed by atoms with Crippen molar-refractivity contribution in [3.05, 3.63) is 94.5 Å². The fraction of sp³-hybridized carbons (Fsp3) is 0.471. The molecule has 0 amide bonds. The van der Waals surface area contributed by atoms with Crippen molar-refractivity contribution in [1.29, 1.82) is 0 Å². The summed E-state index contributed by atoms with van der Waals surface area (Å²) in [5.41, 5.74) is 8.94. The van der Waals surface area contributed by atoms with Crippen molar-refractivity contribution in [3.63, 3.8) is 0 Å². The van der Waals surface area contributed by atoms with Gasteiger partial charge in [0.2, 0.25) is 0 Å². The van der Waals surface area contributed by atoms with E-state index in [4.69, 9.17) is 0 Å². The zero-order valence-corrected chi connectivity index (χ0v) is 26.2. The van der Waals surface area contributed by atoms with Gasteiger partial charge in [-0.15, -0.1) is 0 Å². The molecule has 3 aromatic carbocycles. The van der Waals surface area contributed by atoms with Gasteiger partial charge in [-0.1, -0.05) is 0 Å². The Hall–Kier alpha value is -2.02. The van der Waals surface area contributed by atoms with Crippen LogP contribution >= 0.6 is 0 Å². The minimum absolute atomic E-state index is 0.105. The monoisotopic (exact) mass is 549 g/mol. The van der Waals surface area contributed by atoms with Gasteiger partial charge >= 0.3 is 228 Å². The summed E-state index contributed by atoms with van der Waals surface area (Å²) in [4.78, 5) is 2.17. The van der Waals surface area contributed by atoms with Crippen LogP contribution in [-0.2, 0) is 16.2 Å². The summed E-state index contributed by atoms with van der Waals surface area (Å²) in [5.74, 6) is 0.394. The first kappa shape index (κ1) is 28.5. The normalized spacial score (nSPS) is 13.5. The third kappa shape index (κ3) is 6.84. The molecule has 0 saturated heterocycles. The van der Waals surface area contributed by atoms with Crippen LogP contribution in [0.25, 0.3) is 0 Å². The molecule has 0 aliphatic rings. The van der Waals surface area contributed by atoms with Crippen LogP contribution in [-0.4, -0.2) is 29.1 Å². The van der Waals surface area contributed by atoms with Gasteiger partial charge in [-0.25, -0.2) is 0 Å². The van der Waals surface area contributed by atoms with Crippen molar-refractivity contribution in [2.45, 2.75) is 89.8 Å². The van der Waals surface area contributed by atoms with Gasteiger partial charge in [0.1, 0.15) is 0 Å². The summed E-state index contributed by atoms with van der Waals surface area (Å²) in [5, 5.41) is 1.15. The third-order valence-corrected chi connectivity index (χ3v) is 9.56. The van der Waals surface area contributed by atoms with Crippen molar-refractivity contribution in [3.8, 4) is 0 Å². The fourth-order valence-electron chi connectivity index (χ4n) is 4.57. The second-order valence-electron chi connectivity index (χ2n) is 13.4. The first-order valence-electron chi connectivity index (χ1n) is 13.2. The van der Waals surface area contributed by atoms with Crippen LogP contribution in [0.3, 0.4) is 0 Å². The summed E-state index contributed by atoms with van der Waals surface area (Å²) < 4.78 is 1.61. The molecule has 0 aliphatic carbocycles. The van der Waals surface area contributed by atoms with E-state index in [9.17, 15) is 0 Å². The number of nitrogens with zero attached hydrogens (tertiary/aromatic N) is 1. The molecular weight excluding hydrogens is 501 g/mol. The molecule has 194 valence electrons. The van der Waals surface area contributed by atoms with Crippen LogP contribution < -0.4 is 9.36 Å². The van der Waals surface area contributed by atoms with Gasteiger partial charge < -0.3 is 0 Å². The Balaban J connectivity index is 2.12. The molecule has 0 fully saturated rings. The molecule has 0 radical (unpaired) electrons. The first-order chi connectivity index (χ1) is 16.6. The second-order valence-corrected chi connectivity index (χ2v) is 15.6. The SMILES string of the molecule is CN(C)c1ccc([C@@H](C[Se]c2c(C(C)(C)C)cc(C(C)(C)C)cc2C(C)(C)C)c2ccccc2)cc1. The number of hydrogen-bond acceptors (Lipinski definition) is 1. The van der Waals surface area contributed by atoms with Crippen LogP contribution in [0, 0.1) is 0 Å². The molecule has 0 N–H and O–H groups in total. The van der Waals surface area contributed by atoms with Crippen LogP contribution in [0.1, 0.15) is 96.0 Å². The molecule has 0 heterocycles. The molecule has 0 bridgehead atoms. The van der Waals surface area contributed by atoms with Crippen molar-refractivity contribution in [1.82, 2.24) is 0 Å². The Morgan fingerprint density at radius 2 is 1.11 bits per heavy atom. The number of hydrogen-bond donors (Lipinski definition) is 0. The van der Waals surface area contributed by atoms with Gasteiger partial charge in [0.05, 0.1) is 0 Å². The topological polar surface area (TPSA) is 3.24 Å². The van der Waals surface area contributed by atoms with E-state index in [2.05, 4.69) is 148 Å².